The smallest absolute Gasteiger partial charge is 0.0591 e. The summed E-state index contributed by atoms with van der Waals surface area (Å²) < 4.78 is 6.70. The molecule has 1 N–H and O–H groups in total. The Hall–Kier alpha value is -0.380. The molecule has 0 spiro atoms. The lowest BCUT2D eigenvalue weighted by atomic mass is 10.1. The first-order valence-corrected chi connectivity index (χ1v) is 7.01. The monoisotopic (exact) mass is 299 g/mol. The third kappa shape index (κ3) is 6.81. The van der Waals surface area contributed by atoms with Crippen LogP contribution < -0.4 is 5.32 Å². The summed E-state index contributed by atoms with van der Waals surface area (Å²) in [6.45, 7) is 7.88. The van der Waals surface area contributed by atoms with E-state index >= 15 is 0 Å². The standard InChI is InChI=1S/C14H22BrNO/c1-12(2)7-9-17-10-8-16-11-13-5-3-4-6-14(13)15/h3-6,12,16H,7-11H2,1-2H3. The van der Waals surface area contributed by atoms with Crippen LogP contribution in [0.3, 0.4) is 0 Å². The molecule has 3 heteroatoms. The lowest BCUT2D eigenvalue weighted by molar-refractivity contribution is 0.125. The SMILES string of the molecule is CC(C)CCOCCNCc1ccccc1Br. The Morgan fingerprint density at radius 3 is 2.71 bits per heavy atom. The maximum absolute atomic E-state index is 5.54. The summed E-state index contributed by atoms with van der Waals surface area (Å²) in [5.41, 5.74) is 1.29. The van der Waals surface area contributed by atoms with Gasteiger partial charge in [-0.25, -0.2) is 0 Å². The van der Waals surface area contributed by atoms with Crippen LogP contribution in [0.2, 0.25) is 0 Å². The second-order valence-corrected chi connectivity index (χ2v) is 5.42. The highest BCUT2D eigenvalue weighted by molar-refractivity contribution is 9.10. The van der Waals surface area contributed by atoms with E-state index in [4.69, 9.17) is 4.74 Å². The van der Waals surface area contributed by atoms with Crippen LogP contribution in [-0.2, 0) is 11.3 Å². The fraction of sp³-hybridized carbons (Fsp3) is 0.571. The Morgan fingerprint density at radius 1 is 1.24 bits per heavy atom. The van der Waals surface area contributed by atoms with E-state index < -0.39 is 0 Å². The Bertz CT molecular complexity index is 315. The van der Waals surface area contributed by atoms with Crippen LogP contribution in [0.25, 0.3) is 0 Å². The van der Waals surface area contributed by atoms with Gasteiger partial charge in [-0.1, -0.05) is 48.0 Å². The van der Waals surface area contributed by atoms with Crippen molar-refractivity contribution in [2.45, 2.75) is 26.8 Å². The van der Waals surface area contributed by atoms with Gasteiger partial charge in [0.25, 0.3) is 0 Å². The number of hydrogen-bond donors (Lipinski definition) is 1. The third-order valence-corrected chi connectivity index (χ3v) is 3.31. The molecule has 0 radical (unpaired) electrons. The molecule has 0 heterocycles. The molecule has 0 aliphatic rings. The molecular formula is C14H22BrNO. The van der Waals surface area contributed by atoms with Crippen LogP contribution in [0, 0.1) is 5.92 Å². The molecule has 0 aliphatic heterocycles. The van der Waals surface area contributed by atoms with Crippen LogP contribution in [0.4, 0.5) is 0 Å². The summed E-state index contributed by atoms with van der Waals surface area (Å²) in [6, 6.07) is 8.27. The molecule has 2 nitrogen and oxygen atoms in total. The summed E-state index contributed by atoms with van der Waals surface area (Å²) in [5.74, 6) is 0.725. The third-order valence-electron chi connectivity index (χ3n) is 2.54. The Labute approximate surface area is 113 Å². The van der Waals surface area contributed by atoms with Crippen molar-refractivity contribution < 1.29 is 4.74 Å². The second-order valence-electron chi connectivity index (χ2n) is 4.56. The zero-order valence-corrected chi connectivity index (χ0v) is 12.3. The minimum atomic E-state index is 0.725. The van der Waals surface area contributed by atoms with Gasteiger partial charge in [-0.2, -0.15) is 0 Å². The summed E-state index contributed by atoms with van der Waals surface area (Å²) in [7, 11) is 0. The van der Waals surface area contributed by atoms with Crippen molar-refractivity contribution >= 4 is 15.9 Å². The normalized spacial score (nSPS) is 11.1. The Balaban J connectivity index is 2.03. The first kappa shape index (κ1) is 14.7. The second kappa shape index (κ2) is 8.67. The van der Waals surface area contributed by atoms with Gasteiger partial charge in [0.05, 0.1) is 6.61 Å². The number of ether oxygens (including phenoxy) is 1. The molecule has 0 amide bonds. The highest BCUT2D eigenvalue weighted by Crippen LogP contribution is 2.14. The fourth-order valence-electron chi connectivity index (χ4n) is 1.43. The van der Waals surface area contributed by atoms with Crippen LogP contribution >= 0.6 is 15.9 Å². The van der Waals surface area contributed by atoms with Crippen molar-refractivity contribution in [2.24, 2.45) is 5.92 Å². The van der Waals surface area contributed by atoms with Crippen molar-refractivity contribution in [3.63, 3.8) is 0 Å². The van der Waals surface area contributed by atoms with E-state index in [1.165, 1.54) is 5.56 Å². The van der Waals surface area contributed by atoms with E-state index in [1.807, 2.05) is 6.07 Å². The minimum absolute atomic E-state index is 0.725. The zero-order valence-electron chi connectivity index (χ0n) is 10.7. The summed E-state index contributed by atoms with van der Waals surface area (Å²) in [4.78, 5) is 0. The predicted molar refractivity (Wildman–Crippen MR) is 76.1 cm³/mol. The molecule has 96 valence electrons. The molecule has 1 aromatic rings. The van der Waals surface area contributed by atoms with E-state index in [-0.39, 0.29) is 0 Å². The summed E-state index contributed by atoms with van der Waals surface area (Å²) in [5, 5.41) is 3.38. The van der Waals surface area contributed by atoms with Gasteiger partial charge in [-0.05, 0) is 24.0 Å². The quantitative estimate of drug-likeness (QED) is 0.741. The maximum Gasteiger partial charge on any atom is 0.0591 e. The first-order valence-electron chi connectivity index (χ1n) is 6.22. The van der Waals surface area contributed by atoms with Crippen LogP contribution in [0.1, 0.15) is 25.8 Å². The Morgan fingerprint density at radius 2 is 2.00 bits per heavy atom. The van der Waals surface area contributed by atoms with E-state index in [1.54, 1.807) is 0 Å². The highest BCUT2D eigenvalue weighted by Gasteiger charge is 1.97. The number of halogens is 1. The fourth-order valence-corrected chi connectivity index (χ4v) is 1.86. The lowest BCUT2D eigenvalue weighted by Gasteiger charge is -2.08. The highest BCUT2D eigenvalue weighted by atomic mass is 79.9. The molecule has 0 aliphatic carbocycles. The van der Waals surface area contributed by atoms with Gasteiger partial charge < -0.3 is 10.1 Å². The molecular weight excluding hydrogens is 278 g/mol. The van der Waals surface area contributed by atoms with E-state index in [0.29, 0.717) is 0 Å². The Kier molecular flexibility index (Phi) is 7.49. The van der Waals surface area contributed by atoms with Crippen molar-refractivity contribution in [3.05, 3.63) is 34.3 Å². The molecule has 17 heavy (non-hydrogen) atoms. The number of rotatable bonds is 8. The summed E-state index contributed by atoms with van der Waals surface area (Å²) >= 11 is 3.53. The van der Waals surface area contributed by atoms with Crippen molar-refractivity contribution in [2.75, 3.05) is 19.8 Å². The molecule has 0 aromatic heterocycles. The molecule has 0 fully saturated rings. The van der Waals surface area contributed by atoms with Crippen LogP contribution in [0.5, 0.6) is 0 Å². The van der Waals surface area contributed by atoms with Gasteiger partial charge in [0, 0.05) is 24.2 Å². The van der Waals surface area contributed by atoms with Gasteiger partial charge in [0.1, 0.15) is 0 Å². The van der Waals surface area contributed by atoms with Gasteiger partial charge in [-0.3, -0.25) is 0 Å². The topological polar surface area (TPSA) is 21.3 Å². The van der Waals surface area contributed by atoms with E-state index in [0.717, 1.165) is 43.1 Å². The first-order chi connectivity index (χ1) is 8.20. The largest absolute Gasteiger partial charge is 0.380 e. The molecule has 1 rings (SSSR count). The molecule has 0 saturated heterocycles. The van der Waals surface area contributed by atoms with Crippen molar-refractivity contribution in [1.82, 2.24) is 5.32 Å². The molecule has 0 saturated carbocycles. The molecule has 0 unspecified atom stereocenters. The molecule has 1 aromatic carbocycles. The van der Waals surface area contributed by atoms with Gasteiger partial charge in [0.15, 0.2) is 0 Å². The number of benzene rings is 1. The van der Waals surface area contributed by atoms with Gasteiger partial charge in [-0.15, -0.1) is 0 Å². The predicted octanol–water partition coefficient (Wildman–Crippen LogP) is 3.60. The van der Waals surface area contributed by atoms with Crippen LogP contribution in [0.15, 0.2) is 28.7 Å². The minimum Gasteiger partial charge on any atom is -0.380 e. The van der Waals surface area contributed by atoms with Gasteiger partial charge in [0.2, 0.25) is 0 Å². The van der Waals surface area contributed by atoms with E-state index in [9.17, 15) is 0 Å². The zero-order chi connectivity index (χ0) is 12.5. The number of nitrogens with one attached hydrogen (secondary N) is 1. The molecule has 0 bridgehead atoms. The average molecular weight is 300 g/mol. The van der Waals surface area contributed by atoms with Crippen molar-refractivity contribution in [1.29, 1.82) is 0 Å². The van der Waals surface area contributed by atoms with E-state index in [2.05, 4.69) is 53.3 Å². The van der Waals surface area contributed by atoms with Gasteiger partial charge >= 0.3 is 0 Å². The van der Waals surface area contributed by atoms with Crippen molar-refractivity contribution in [3.8, 4) is 0 Å². The summed E-state index contributed by atoms with van der Waals surface area (Å²) in [6.07, 6.45) is 1.14. The average Bonchev–Trinajstić information content (AvgIpc) is 2.30. The lowest BCUT2D eigenvalue weighted by Crippen LogP contribution is -2.19. The van der Waals surface area contributed by atoms with Crippen LogP contribution in [-0.4, -0.2) is 19.8 Å². The molecule has 0 atom stereocenters. The number of hydrogen-bond acceptors (Lipinski definition) is 2. The maximum atomic E-state index is 5.54.